The minimum Gasteiger partial charge on any atom is -0.493 e. The van der Waals surface area contributed by atoms with Crippen molar-refractivity contribution in [1.29, 1.82) is 0 Å². The summed E-state index contributed by atoms with van der Waals surface area (Å²) in [6, 6.07) is 6.94. The molecule has 0 amide bonds. The Morgan fingerprint density at radius 2 is 2.24 bits per heavy atom. The fourth-order valence-corrected chi connectivity index (χ4v) is 3.96. The molecule has 1 aromatic carbocycles. The van der Waals surface area contributed by atoms with E-state index in [-0.39, 0.29) is 6.10 Å². The highest BCUT2D eigenvalue weighted by Gasteiger charge is 2.34. The van der Waals surface area contributed by atoms with E-state index < -0.39 is 0 Å². The minimum absolute atomic E-state index is 0.282. The van der Waals surface area contributed by atoms with Gasteiger partial charge in [0.25, 0.3) is 0 Å². The molecular weight excluding hydrogens is 314 g/mol. The van der Waals surface area contributed by atoms with Crippen LogP contribution in [0.25, 0.3) is 0 Å². The fourth-order valence-electron chi connectivity index (χ4n) is 3.96. The number of benzene rings is 1. The quantitative estimate of drug-likeness (QED) is 0.908. The highest BCUT2D eigenvalue weighted by Crippen LogP contribution is 2.33. The van der Waals surface area contributed by atoms with Gasteiger partial charge in [-0.05, 0) is 43.9 Å². The lowest BCUT2D eigenvalue weighted by molar-refractivity contribution is 0.108. The van der Waals surface area contributed by atoms with E-state index in [1.807, 2.05) is 7.11 Å². The number of likely N-dealkylation sites (tertiary alicyclic amines) is 1. The lowest BCUT2D eigenvalue weighted by Crippen LogP contribution is -2.28. The summed E-state index contributed by atoms with van der Waals surface area (Å²) in [6.45, 7) is 6.96. The van der Waals surface area contributed by atoms with Crippen molar-refractivity contribution in [2.24, 2.45) is 0 Å². The number of aromatic amines is 1. The number of fused-ring (bicyclic) bond motifs is 1. The van der Waals surface area contributed by atoms with Gasteiger partial charge in [0.1, 0.15) is 11.6 Å². The molecule has 0 bridgehead atoms. The van der Waals surface area contributed by atoms with Crippen molar-refractivity contribution in [3.05, 3.63) is 46.5 Å². The Labute approximate surface area is 149 Å². The molecule has 0 spiro atoms. The predicted octanol–water partition coefficient (Wildman–Crippen LogP) is 2.97. The van der Waals surface area contributed by atoms with E-state index in [1.54, 1.807) is 0 Å². The smallest absolute Gasteiger partial charge is 0.124 e. The molecule has 1 fully saturated rings. The highest BCUT2D eigenvalue weighted by molar-refractivity contribution is 5.39. The largest absolute Gasteiger partial charge is 0.493 e. The zero-order chi connectivity index (χ0) is 17.4. The molecule has 1 saturated heterocycles. The molecule has 134 valence electrons. The molecule has 1 aromatic heterocycles. The molecule has 2 aromatic rings. The van der Waals surface area contributed by atoms with E-state index in [1.165, 1.54) is 11.1 Å². The molecule has 0 saturated carbocycles. The minimum atomic E-state index is 0.282. The maximum Gasteiger partial charge on any atom is 0.124 e. The van der Waals surface area contributed by atoms with Crippen LogP contribution in [0.5, 0.6) is 5.75 Å². The van der Waals surface area contributed by atoms with Crippen LogP contribution in [-0.2, 0) is 17.6 Å². The van der Waals surface area contributed by atoms with E-state index >= 15 is 0 Å². The summed E-state index contributed by atoms with van der Waals surface area (Å²) < 4.78 is 11.3. The van der Waals surface area contributed by atoms with Gasteiger partial charge in [0.2, 0.25) is 0 Å². The van der Waals surface area contributed by atoms with Crippen molar-refractivity contribution in [2.75, 3.05) is 26.8 Å². The number of aryl methyl sites for hydroxylation is 2. The van der Waals surface area contributed by atoms with Crippen LogP contribution in [0.15, 0.2) is 18.2 Å². The van der Waals surface area contributed by atoms with Crippen molar-refractivity contribution >= 4 is 0 Å². The molecule has 1 N–H and O–H groups in total. The predicted molar refractivity (Wildman–Crippen MR) is 97.1 cm³/mol. The summed E-state index contributed by atoms with van der Waals surface area (Å²) in [5, 5.41) is 0. The molecule has 5 nitrogen and oxygen atoms in total. The van der Waals surface area contributed by atoms with Crippen molar-refractivity contribution in [3.8, 4) is 5.75 Å². The second-order valence-corrected chi connectivity index (χ2v) is 7.23. The van der Waals surface area contributed by atoms with Crippen LogP contribution in [-0.4, -0.2) is 47.8 Å². The van der Waals surface area contributed by atoms with Crippen molar-refractivity contribution in [1.82, 2.24) is 14.9 Å². The van der Waals surface area contributed by atoms with Gasteiger partial charge in [-0.3, -0.25) is 4.90 Å². The molecular formula is C20H27N3O2. The average molecular weight is 341 g/mol. The van der Waals surface area contributed by atoms with E-state index in [4.69, 9.17) is 14.5 Å². The zero-order valence-corrected chi connectivity index (χ0v) is 15.3. The first-order valence-electron chi connectivity index (χ1n) is 9.18. The van der Waals surface area contributed by atoms with Gasteiger partial charge in [0, 0.05) is 32.3 Å². The first-order valence-corrected chi connectivity index (χ1v) is 9.18. The van der Waals surface area contributed by atoms with Crippen molar-refractivity contribution in [2.45, 2.75) is 45.3 Å². The van der Waals surface area contributed by atoms with Crippen LogP contribution >= 0.6 is 0 Å². The lowest BCUT2D eigenvalue weighted by Gasteiger charge is -2.22. The topological polar surface area (TPSA) is 50.4 Å². The number of methoxy groups -OCH3 is 1. The number of ether oxygens (including phenoxy) is 2. The molecule has 3 heterocycles. The Morgan fingerprint density at radius 3 is 3.00 bits per heavy atom. The molecule has 0 aliphatic carbocycles. The van der Waals surface area contributed by atoms with Crippen molar-refractivity contribution in [3.63, 3.8) is 0 Å². The third-order valence-electron chi connectivity index (χ3n) is 5.60. The number of hydrogen-bond acceptors (Lipinski definition) is 4. The number of H-pyrrole nitrogens is 1. The van der Waals surface area contributed by atoms with E-state index in [2.05, 4.69) is 41.9 Å². The average Bonchev–Trinajstić information content (AvgIpc) is 3.31. The molecule has 2 aliphatic heterocycles. The number of hydrogen-bond donors (Lipinski definition) is 1. The number of nitrogens with zero attached hydrogens (tertiary/aromatic N) is 2. The van der Waals surface area contributed by atoms with E-state index in [0.29, 0.717) is 6.04 Å². The van der Waals surface area contributed by atoms with Gasteiger partial charge in [-0.2, -0.15) is 0 Å². The Balaban J connectivity index is 1.47. The maximum atomic E-state index is 5.64. The van der Waals surface area contributed by atoms with E-state index in [0.717, 1.165) is 61.9 Å². The summed E-state index contributed by atoms with van der Waals surface area (Å²) in [5.41, 5.74) is 4.99. The monoisotopic (exact) mass is 341 g/mol. The van der Waals surface area contributed by atoms with Gasteiger partial charge >= 0.3 is 0 Å². The van der Waals surface area contributed by atoms with Gasteiger partial charge in [-0.25, -0.2) is 4.98 Å². The fraction of sp³-hybridized carbons (Fsp3) is 0.550. The number of rotatable bonds is 5. The summed E-state index contributed by atoms with van der Waals surface area (Å²) in [4.78, 5) is 10.7. The Hall–Kier alpha value is -1.85. The third-order valence-corrected chi connectivity index (χ3v) is 5.60. The molecule has 4 rings (SSSR count). The second-order valence-electron chi connectivity index (χ2n) is 7.23. The van der Waals surface area contributed by atoms with E-state index in [9.17, 15) is 0 Å². The molecule has 25 heavy (non-hydrogen) atoms. The van der Waals surface area contributed by atoms with Gasteiger partial charge < -0.3 is 14.5 Å². The summed E-state index contributed by atoms with van der Waals surface area (Å²) in [5.74, 6) is 2.14. The third kappa shape index (κ3) is 3.31. The normalized spacial score (nSPS) is 23.0. The zero-order valence-electron chi connectivity index (χ0n) is 15.3. The summed E-state index contributed by atoms with van der Waals surface area (Å²) in [7, 11) is 1.81. The highest BCUT2D eigenvalue weighted by atomic mass is 16.5. The van der Waals surface area contributed by atoms with Gasteiger partial charge in [-0.1, -0.05) is 12.1 Å². The molecule has 2 aliphatic rings. The van der Waals surface area contributed by atoms with Crippen LogP contribution < -0.4 is 4.74 Å². The first kappa shape index (κ1) is 16.6. The van der Waals surface area contributed by atoms with Gasteiger partial charge in [0.05, 0.1) is 24.4 Å². The number of nitrogens with one attached hydrogen (secondary N) is 1. The van der Waals surface area contributed by atoms with Crippen LogP contribution in [0.1, 0.15) is 40.8 Å². The second kappa shape index (κ2) is 6.81. The van der Waals surface area contributed by atoms with Crippen LogP contribution in [0, 0.1) is 13.8 Å². The molecule has 5 heteroatoms. The molecule has 0 radical (unpaired) electrons. The van der Waals surface area contributed by atoms with Crippen LogP contribution in [0.4, 0.5) is 0 Å². The van der Waals surface area contributed by atoms with Crippen LogP contribution in [0.2, 0.25) is 0 Å². The lowest BCUT2D eigenvalue weighted by atomic mass is 10.1. The van der Waals surface area contributed by atoms with Gasteiger partial charge in [-0.15, -0.1) is 0 Å². The summed E-state index contributed by atoms with van der Waals surface area (Å²) >= 11 is 0. The number of imidazole rings is 1. The number of aromatic nitrogens is 2. The Kier molecular flexibility index (Phi) is 4.52. The molecule has 0 unspecified atom stereocenters. The summed E-state index contributed by atoms with van der Waals surface area (Å²) in [6.07, 6.45) is 3.36. The van der Waals surface area contributed by atoms with Gasteiger partial charge in [0.15, 0.2) is 0 Å². The SMILES string of the molecule is CO[C@@H]1C[C@@H](c2nc(C)c(C)[nH]2)N(CCc2ccc3c(c2)CCO3)C1. The Morgan fingerprint density at radius 1 is 1.36 bits per heavy atom. The van der Waals surface area contributed by atoms with Crippen molar-refractivity contribution < 1.29 is 9.47 Å². The maximum absolute atomic E-state index is 5.64. The standard InChI is InChI=1S/C20H27N3O2/c1-13-14(2)22-20(21-13)18-11-17(24-3)12-23(18)8-6-15-4-5-19-16(10-15)7-9-25-19/h4-5,10,17-18H,6-9,11-12H2,1-3H3,(H,21,22)/t17-,18+/m1/s1. The first-order chi connectivity index (χ1) is 12.1. The van der Waals surface area contributed by atoms with Crippen LogP contribution in [0.3, 0.4) is 0 Å². The molecule has 2 atom stereocenters. The Bertz CT molecular complexity index is 736.